The Hall–Kier alpha value is -0.0900. The molecule has 102 valence electrons. The third-order valence-electron chi connectivity index (χ3n) is 3.30. The smallest absolute Gasteiger partial charge is 0.0548 e. The lowest BCUT2D eigenvalue weighted by Crippen LogP contribution is -2.34. The van der Waals surface area contributed by atoms with Gasteiger partial charge in [-0.1, -0.05) is 24.6 Å². The minimum Gasteiger partial charge on any atom is -0.311 e. The molecule has 0 radical (unpaired) electrons. The van der Waals surface area contributed by atoms with Gasteiger partial charge in [0, 0.05) is 30.1 Å². The zero-order valence-electron chi connectivity index (χ0n) is 11.3. The summed E-state index contributed by atoms with van der Waals surface area (Å²) >= 11 is 9.40. The summed E-state index contributed by atoms with van der Waals surface area (Å²) in [5.74, 6) is 0. The zero-order valence-corrected chi connectivity index (χ0v) is 13.7. The van der Waals surface area contributed by atoms with Crippen LogP contribution in [0.1, 0.15) is 25.8 Å². The summed E-state index contributed by atoms with van der Waals surface area (Å²) in [6.07, 6.45) is 1.20. The average Bonchev–Trinajstić information content (AvgIpc) is 2.37. The quantitative estimate of drug-likeness (QED) is 0.761. The van der Waals surface area contributed by atoms with Gasteiger partial charge in [0.15, 0.2) is 0 Å². The first-order valence-electron chi connectivity index (χ1n) is 6.39. The van der Waals surface area contributed by atoms with E-state index in [1.54, 1.807) is 0 Å². The maximum Gasteiger partial charge on any atom is 0.0548 e. The highest BCUT2D eigenvalue weighted by Gasteiger charge is 2.05. The van der Waals surface area contributed by atoms with Gasteiger partial charge in [-0.25, -0.2) is 0 Å². The molecule has 0 saturated carbocycles. The largest absolute Gasteiger partial charge is 0.311 e. The van der Waals surface area contributed by atoms with Crippen LogP contribution in [0.2, 0.25) is 5.02 Å². The Morgan fingerprint density at radius 1 is 1.44 bits per heavy atom. The number of benzene rings is 1. The summed E-state index contributed by atoms with van der Waals surface area (Å²) < 4.78 is 0.959. The first kappa shape index (κ1) is 16.0. The van der Waals surface area contributed by atoms with E-state index < -0.39 is 0 Å². The molecule has 0 bridgehead atoms. The number of halogens is 2. The topological polar surface area (TPSA) is 15.3 Å². The molecule has 0 spiro atoms. The standard InChI is InChI=1S/C14H22BrClN2/c1-4-11(2)18(3)8-7-17-10-12-5-6-14(16)13(15)9-12/h5-6,9,11,17H,4,7-8,10H2,1-3H3. The molecule has 0 aromatic heterocycles. The van der Waals surface area contributed by atoms with Gasteiger partial charge < -0.3 is 10.2 Å². The number of nitrogens with one attached hydrogen (secondary N) is 1. The molecule has 0 fully saturated rings. The molecule has 2 nitrogen and oxygen atoms in total. The van der Waals surface area contributed by atoms with E-state index in [9.17, 15) is 0 Å². The van der Waals surface area contributed by atoms with Crippen LogP contribution in [0, 0.1) is 0 Å². The maximum absolute atomic E-state index is 5.96. The van der Waals surface area contributed by atoms with Crippen LogP contribution >= 0.6 is 27.5 Å². The molecule has 0 aliphatic heterocycles. The molecule has 1 aromatic rings. The van der Waals surface area contributed by atoms with Crippen LogP contribution in [0.3, 0.4) is 0 Å². The molecule has 0 heterocycles. The molecule has 4 heteroatoms. The molecular formula is C14H22BrClN2. The van der Waals surface area contributed by atoms with Crippen molar-refractivity contribution in [1.82, 2.24) is 10.2 Å². The fraction of sp³-hybridized carbons (Fsp3) is 0.571. The third-order valence-corrected chi connectivity index (χ3v) is 4.51. The Morgan fingerprint density at radius 2 is 2.17 bits per heavy atom. The summed E-state index contributed by atoms with van der Waals surface area (Å²) in [6.45, 7) is 7.44. The Bertz CT molecular complexity index is 371. The molecule has 1 atom stereocenters. The van der Waals surface area contributed by atoms with Crippen LogP contribution in [0.5, 0.6) is 0 Å². The Kier molecular flexibility index (Phi) is 7.23. The van der Waals surface area contributed by atoms with Gasteiger partial charge in [0.25, 0.3) is 0 Å². The van der Waals surface area contributed by atoms with Crippen molar-refractivity contribution in [2.45, 2.75) is 32.9 Å². The second-order valence-electron chi connectivity index (χ2n) is 4.66. The van der Waals surface area contributed by atoms with Crippen molar-refractivity contribution in [3.8, 4) is 0 Å². The lowest BCUT2D eigenvalue weighted by Gasteiger charge is -2.23. The highest BCUT2D eigenvalue weighted by Crippen LogP contribution is 2.22. The molecule has 1 unspecified atom stereocenters. The predicted octanol–water partition coefficient (Wildman–Crippen LogP) is 3.92. The maximum atomic E-state index is 5.96. The predicted molar refractivity (Wildman–Crippen MR) is 83.2 cm³/mol. The molecule has 1 aromatic carbocycles. The second kappa shape index (κ2) is 8.16. The molecule has 0 amide bonds. The van der Waals surface area contributed by atoms with E-state index in [1.165, 1.54) is 12.0 Å². The fourth-order valence-corrected chi connectivity index (χ4v) is 2.21. The van der Waals surface area contributed by atoms with E-state index in [-0.39, 0.29) is 0 Å². The number of nitrogens with zero attached hydrogens (tertiary/aromatic N) is 1. The molecule has 0 aliphatic carbocycles. The van der Waals surface area contributed by atoms with Crippen LogP contribution in [0.25, 0.3) is 0 Å². The molecule has 1 N–H and O–H groups in total. The number of hydrogen-bond acceptors (Lipinski definition) is 2. The van der Waals surface area contributed by atoms with Crippen molar-refractivity contribution >= 4 is 27.5 Å². The zero-order chi connectivity index (χ0) is 13.5. The van der Waals surface area contributed by atoms with Crippen molar-refractivity contribution in [2.24, 2.45) is 0 Å². The lowest BCUT2D eigenvalue weighted by molar-refractivity contribution is 0.251. The number of hydrogen-bond donors (Lipinski definition) is 1. The first-order chi connectivity index (χ1) is 8.54. The van der Waals surface area contributed by atoms with E-state index in [1.807, 2.05) is 6.07 Å². The highest BCUT2D eigenvalue weighted by molar-refractivity contribution is 9.10. The average molecular weight is 334 g/mol. The summed E-state index contributed by atoms with van der Waals surface area (Å²) in [5.41, 5.74) is 1.25. The van der Waals surface area contributed by atoms with E-state index in [2.05, 4.69) is 59.2 Å². The lowest BCUT2D eigenvalue weighted by atomic mass is 10.2. The van der Waals surface area contributed by atoms with Crippen molar-refractivity contribution in [2.75, 3.05) is 20.1 Å². The van der Waals surface area contributed by atoms with Crippen LogP contribution < -0.4 is 5.32 Å². The summed E-state index contributed by atoms with van der Waals surface area (Å²) in [5, 5.41) is 4.21. The van der Waals surface area contributed by atoms with Crippen molar-refractivity contribution < 1.29 is 0 Å². The van der Waals surface area contributed by atoms with Gasteiger partial charge in [-0.2, -0.15) is 0 Å². The van der Waals surface area contributed by atoms with Gasteiger partial charge in [0.05, 0.1) is 5.02 Å². The molecule has 1 rings (SSSR count). The van der Waals surface area contributed by atoms with Gasteiger partial charge in [0.2, 0.25) is 0 Å². The minimum absolute atomic E-state index is 0.650. The van der Waals surface area contributed by atoms with E-state index in [0.29, 0.717) is 6.04 Å². The van der Waals surface area contributed by atoms with Gasteiger partial charge in [-0.05, 0) is 54.0 Å². The van der Waals surface area contributed by atoms with E-state index >= 15 is 0 Å². The van der Waals surface area contributed by atoms with E-state index in [0.717, 1.165) is 29.1 Å². The van der Waals surface area contributed by atoms with Crippen LogP contribution in [-0.2, 0) is 6.54 Å². The summed E-state index contributed by atoms with van der Waals surface area (Å²) in [7, 11) is 2.18. The number of rotatable bonds is 7. The monoisotopic (exact) mass is 332 g/mol. The Labute approximate surface area is 124 Å². The Balaban J connectivity index is 2.27. The SMILES string of the molecule is CCC(C)N(C)CCNCc1ccc(Cl)c(Br)c1. The number of likely N-dealkylation sites (N-methyl/N-ethyl adjacent to an activating group) is 1. The normalized spacial score (nSPS) is 13.0. The van der Waals surface area contributed by atoms with Crippen LogP contribution in [0.15, 0.2) is 22.7 Å². The Morgan fingerprint density at radius 3 is 2.78 bits per heavy atom. The van der Waals surface area contributed by atoms with Gasteiger partial charge in [-0.15, -0.1) is 0 Å². The highest BCUT2D eigenvalue weighted by atomic mass is 79.9. The van der Waals surface area contributed by atoms with Crippen molar-refractivity contribution in [3.05, 3.63) is 33.3 Å². The minimum atomic E-state index is 0.650. The van der Waals surface area contributed by atoms with Gasteiger partial charge >= 0.3 is 0 Å². The molecular weight excluding hydrogens is 312 g/mol. The van der Waals surface area contributed by atoms with Crippen LogP contribution in [-0.4, -0.2) is 31.1 Å². The molecule has 18 heavy (non-hydrogen) atoms. The molecule has 0 saturated heterocycles. The third kappa shape index (κ3) is 5.27. The second-order valence-corrected chi connectivity index (χ2v) is 5.92. The van der Waals surface area contributed by atoms with Crippen molar-refractivity contribution in [3.63, 3.8) is 0 Å². The van der Waals surface area contributed by atoms with Gasteiger partial charge in [0.1, 0.15) is 0 Å². The van der Waals surface area contributed by atoms with Crippen LogP contribution in [0.4, 0.5) is 0 Å². The summed E-state index contributed by atoms with van der Waals surface area (Å²) in [4.78, 5) is 2.38. The molecule has 0 aliphatic rings. The first-order valence-corrected chi connectivity index (χ1v) is 7.56. The fourth-order valence-electron chi connectivity index (χ4n) is 1.67. The van der Waals surface area contributed by atoms with Gasteiger partial charge in [-0.3, -0.25) is 0 Å². The van der Waals surface area contributed by atoms with Crippen molar-refractivity contribution in [1.29, 1.82) is 0 Å². The summed E-state index contributed by atoms with van der Waals surface area (Å²) in [6, 6.07) is 6.69. The van der Waals surface area contributed by atoms with E-state index in [4.69, 9.17) is 11.6 Å².